The van der Waals surface area contributed by atoms with Crippen molar-refractivity contribution in [2.75, 3.05) is 0 Å². The van der Waals surface area contributed by atoms with Gasteiger partial charge in [0, 0.05) is 17.0 Å². The Morgan fingerprint density at radius 2 is 2.56 bits per heavy atom. The Hall–Kier alpha value is -1.46. The van der Waals surface area contributed by atoms with Crippen LogP contribution in [0.2, 0.25) is 0 Å². The lowest BCUT2D eigenvalue weighted by atomic mass is 10.7. The molecule has 0 atom stereocenters. The summed E-state index contributed by atoms with van der Waals surface area (Å²) in [6.07, 6.45) is -1.17. The average molecular weight is 128 g/mol. The second-order valence-electron chi connectivity index (χ2n) is 1.42. The van der Waals surface area contributed by atoms with Gasteiger partial charge in [-0.2, -0.15) is 0 Å². The van der Waals surface area contributed by atoms with E-state index in [2.05, 4.69) is 15.5 Å². The third-order valence-corrected chi connectivity index (χ3v) is 0.807. The lowest BCUT2D eigenvalue weighted by Gasteiger charge is -1.88. The van der Waals surface area contributed by atoms with Gasteiger partial charge in [0.05, 0.1) is 0 Å². The third-order valence-electron chi connectivity index (χ3n) is 0.807. The van der Waals surface area contributed by atoms with Crippen molar-refractivity contribution in [2.45, 2.75) is 6.92 Å². The molecule has 47 valence electrons. The third kappa shape index (κ3) is 0.857. The molecule has 0 saturated carbocycles. The summed E-state index contributed by atoms with van der Waals surface area (Å²) < 4.78 is 0. The zero-order valence-corrected chi connectivity index (χ0v) is 4.64. The topological polar surface area (TPSA) is 79.4 Å². The van der Waals surface area contributed by atoms with Crippen molar-refractivity contribution in [3.05, 3.63) is 0 Å². The van der Waals surface area contributed by atoms with E-state index in [-0.39, 0.29) is 5.84 Å². The van der Waals surface area contributed by atoms with Gasteiger partial charge in [-0.3, -0.25) is 0 Å². The summed E-state index contributed by atoms with van der Waals surface area (Å²) in [7, 11) is 0. The van der Waals surface area contributed by atoms with Crippen LogP contribution in [-0.4, -0.2) is 22.0 Å². The molecule has 1 radical (unpaired) electrons. The van der Waals surface area contributed by atoms with Gasteiger partial charge in [0.2, 0.25) is 0 Å². The van der Waals surface area contributed by atoms with Crippen LogP contribution in [0.3, 0.4) is 0 Å². The zero-order valence-electron chi connectivity index (χ0n) is 4.64. The second kappa shape index (κ2) is 1.81. The van der Waals surface area contributed by atoms with Crippen LogP contribution in [0.25, 0.3) is 0 Å². The zero-order chi connectivity index (χ0) is 6.85. The summed E-state index contributed by atoms with van der Waals surface area (Å²) in [4.78, 5) is 10.1. The lowest BCUT2D eigenvalue weighted by Crippen LogP contribution is -2.27. The molecule has 1 aliphatic heterocycles. The Labute approximate surface area is 50.5 Å². The minimum Gasteiger partial charge on any atom is -0.450 e. The minimum atomic E-state index is -1.17. The molecule has 1 heterocycles. The molecule has 0 spiro atoms. The molecular weight excluding hydrogens is 124 g/mol. The minimum absolute atomic E-state index is 0.266. The molecule has 1 N–H and O–H groups in total. The Balaban J connectivity index is 2.74. The molecule has 1 rings (SSSR count). The summed E-state index contributed by atoms with van der Waals surface area (Å²) in [6, 6.07) is 0. The monoisotopic (exact) mass is 128 g/mol. The van der Waals surface area contributed by atoms with Crippen LogP contribution < -0.4 is 5.10 Å². The maximum atomic E-state index is 10.1. The molecule has 6 nitrogen and oxygen atoms in total. The van der Waals surface area contributed by atoms with E-state index in [9.17, 15) is 4.79 Å². The maximum absolute atomic E-state index is 10.1. The predicted molar refractivity (Wildman–Crippen MR) is 27.5 cm³/mol. The highest BCUT2D eigenvalue weighted by atomic mass is 16.4. The van der Waals surface area contributed by atoms with Crippen LogP contribution in [0.1, 0.15) is 6.92 Å². The van der Waals surface area contributed by atoms with Crippen molar-refractivity contribution >= 4 is 11.9 Å². The normalized spacial score (nSPS) is 16.1. The molecule has 0 saturated heterocycles. The molecule has 6 heteroatoms. The Bertz CT molecular complexity index is 196. The van der Waals surface area contributed by atoms with Gasteiger partial charge in [-0.15, -0.1) is 0 Å². The van der Waals surface area contributed by atoms with Crippen LogP contribution in [0.15, 0.2) is 10.4 Å². The van der Waals surface area contributed by atoms with Gasteiger partial charge < -0.3 is 5.11 Å². The number of amides is 1. The van der Waals surface area contributed by atoms with Crippen molar-refractivity contribution < 1.29 is 9.90 Å². The molecular formula is C3H4N4O2+. The summed E-state index contributed by atoms with van der Waals surface area (Å²) in [6.45, 7) is 1.51. The molecule has 9 heavy (non-hydrogen) atoms. The number of rotatable bonds is 0. The Morgan fingerprint density at radius 3 is 2.78 bits per heavy atom. The van der Waals surface area contributed by atoms with E-state index in [1.807, 2.05) is 0 Å². The highest BCUT2D eigenvalue weighted by Crippen LogP contribution is 1.96. The number of carboxylic acid groups (broad SMARTS) is 1. The first-order valence-corrected chi connectivity index (χ1v) is 2.20. The van der Waals surface area contributed by atoms with Gasteiger partial charge in [0.25, 0.3) is 0 Å². The van der Waals surface area contributed by atoms with Crippen molar-refractivity contribution in [3.8, 4) is 0 Å². The van der Waals surface area contributed by atoms with E-state index in [1.165, 1.54) is 6.92 Å². The van der Waals surface area contributed by atoms with E-state index in [4.69, 9.17) is 5.11 Å². The summed E-state index contributed by atoms with van der Waals surface area (Å²) in [5.74, 6) is 0.266. The van der Waals surface area contributed by atoms with Crippen LogP contribution in [-0.2, 0) is 0 Å². The highest BCUT2D eigenvalue weighted by molar-refractivity contribution is 5.92. The first-order valence-electron chi connectivity index (χ1n) is 2.20. The van der Waals surface area contributed by atoms with Crippen molar-refractivity contribution in [1.29, 1.82) is 0 Å². The maximum Gasteiger partial charge on any atom is 0.512 e. The van der Waals surface area contributed by atoms with E-state index >= 15 is 0 Å². The van der Waals surface area contributed by atoms with Gasteiger partial charge >= 0.3 is 11.9 Å². The standard InChI is InChI=1S/C3H4N4O2/c1-2-4-5-6-7(2)3(8)9/h1H3,(H,8,9)/q+1. The van der Waals surface area contributed by atoms with Crippen LogP contribution in [0.5, 0.6) is 0 Å². The number of hydrogen-bond donors (Lipinski definition) is 1. The van der Waals surface area contributed by atoms with Crippen LogP contribution in [0.4, 0.5) is 4.79 Å². The number of carbonyl (C=O) groups is 1. The van der Waals surface area contributed by atoms with E-state index in [0.717, 1.165) is 0 Å². The molecule has 0 unspecified atom stereocenters. The molecule has 0 aromatic carbocycles. The van der Waals surface area contributed by atoms with Crippen LogP contribution in [0, 0.1) is 0 Å². The van der Waals surface area contributed by atoms with Crippen molar-refractivity contribution in [2.24, 2.45) is 10.4 Å². The van der Waals surface area contributed by atoms with E-state index in [0.29, 0.717) is 5.01 Å². The second-order valence-corrected chi connectivity index (χ2v) is 1.42. The van der Waals surface area contributed by atoms with Crippen LogP contribution >= 0.6 is 0 Å². The van der Waals surface area contributed by atoms with Crippen molar-refractivity contribution in [3.63, 3.8) is 0 Å². The fourth-order valence-electron chi connectivity index (χ4n) is 0.408. The van der Waals surface area contributed by atoms with E-state index < -0.39 is 6.09 Å². The largest absolute Gasteiger partial charge is 0.512 e. The summed E-state index contributed by atoms with van der Waals surface area (Å²) >= 11 is 0. The summed E-state index contributed by atoms with van der Waals surface area (Å²) in [5, 5.41) is 18.6. The predicted octanol–water partition coefficient (Wildman–Crippen LogP) is 0.0164. The molecule has 1 aliphatic rings. The smallest absolute Gasteiger partial charge is 0.450 e. The van der Waals surface area contributed by atoms with Gasteiger partial charge in [0.1, 0.15) is 5.22 Å². The average Bonchev–Trinajstić information content (AvgIpc) is 2.13. The molecule has 0 aliphatic carbocycles. The molecule has 0 bridgehead atoms. The number of hydrogen-bond acceptors (Lipinski definition) is 4. The fourth-order valence-corrected chi connectivity index (χ4v) is 0.408. The Kier molecular flexibility index (Phi) is 1.14. The first kappa shape index (κ1) is 5.67. The first-order chi connectivity index (χ1) is 4.22. The molecule has 0 fully saturated rings. The number of nitrogens with zero attached hydrogens (tertiary/aromatic N) is 4. The van der Waals surface area contributed by atoms with Gasteiger partial charge in [-0.05, 0) is 0 Å². The molecule has 0 aromatic heterocycles. The number of amidine groups is 1. The van der Waals surface area contributed by atoms with Gasteiger partial charge in [0.15, 0.2) is 5.22 Å². The van der Waals surface area contributed by atoms with Gasteiger partial charge in [-0.1, -0.05) is 0 Å². The molecule has 1 amide bonds. The van der Waals surface area contributed by atoms with Gasteiger partial charge in [-0.25, -0.2) is 4.79 Å². The van der Waals surface area contributed by atoms with E-state index in [1.54, 1.807) is 0 Å². The highest BCUT2D eigenvalue weighted by Gasteiger charge is 2.30. The van der Waals surface area contributed by atoms with Crippen molar-refractivity contribution in [1.82, 2.24) is 10.1 Å². The fraction of sp³-hybridized carbons (Fsp3) is 0.333. The Morgan fingerprint density at radius 1 is 1.89 bits per heavy atom. The lowest BCUT2D eigenvalue weighted by molar-refractivity contribution is 0.169. The summed E-state index contributed by atoms with van der Waals surface area (Å²) in [5.41, 5.74) is 0. The SMILES string of the molecule is CC1=[N+]N=NN1C(=O)O. The molecule has 0 aromatic rings. The quantitative estimate of drug-likeness (QED) is 0.498.